The molecule has 0 radical (unpaired) electrons. The average molecular weight is 263 g/mol. The first kappa shape index (κ1) is 13.1. The smallest absolute Gasteiger partial charge is 0.109 e. The zero-order valence-corrected chi connectivity index (χ0v) is 11.9. The van der Waals surface area contributed by atoms with Crippen LogP contribution in [0.1, 0.15) is 37.2 Å². The maximum atomic E-state index is 9.28. The van der Waals surface area contributed by atoms with Crippen molar-refractivity contribution in [2.24, 2.45) is 5.92 Å². The summed E-state index contributed by atoms with van der Waals surface area (Å²) in [6.45, 7) is 2.55. The zero-order chi connectivity index (χ0) is 13.2. The maximum Gasteiger partial charge on any atom is 0.109 e. The van der Waals surface area contributed by atoms with E-state index in [9.17, 15) is 5.11 Å². The van der Waals surface area contributed by atoms with Crippen LogP contribution >= 0.6 is 0 Å². The molecule has 2 aliphatic heterocycles. The Hall–Kier alpha value is -0.870. The van der Waals surface area contributed by atoms with Crippen LogP contribution in [0, 0.1) is 5.92 Å². The molecule has 3 heterocycles. The maximum absolute atomic E-state index is 9.28. The fourth-order valence-electron chi connectivity index (χ4n) is 3.45. The van der Waals surface area contributed by atoms with Crippen LogP contribution in [-0.2, 0) is 19.4 Å². The Kier molecular flexibility index (Phi) is 3.89. The fraction of sp³-hybridized carbons (Fsp3) is 0.800. The molecule has 2 aliphatic rings. The summed E-state index contributed by atoms with van der Waals surface area (Å²) in [6, 6.07) is 0.666. The topological polar surface area (TPSA) is 41.3 Å². The molecule has 2 unspecified atom stereocenters. The molecule has 1 aromatic rings. The molecule has 0 saturated carbocycles. The molecular formula is C15H25N3O. The molecule has 0 spiro atoms. The van der Waals surface area contributed by atoms with Gasteiger partial charge in [0.1, 0.15) is 5.82 Å². The Morgan fingerprint density at radius 2 is 2.21 bits per heavy atom. The lowest BCUT2D eigenvalue weighted by molar-refractivity contribution is 0.184. The molecule has 0 bridgehead atoms. The minimum Gasteiger partial charge on any atom is -0.396 e. The third-order valence-corrected chi connectivity index (χ3v) is 4.78. The lowest BCUT2D eigenvalue weighted by Gasteiger charge is -2.31. The predicted octanol–water partition coefficient (Wildman–Crippen LogP) is 1.46. The second kappa shape index (κ2) is 5.63. The van der Waals surface area contributed by atoms with Crippen molar-refractivity contribution in [1.82, 2.24) is 14.5 Å². The van der Waals surface area contributed by atoms with Crippen molar-refractivity contribution in [2.45, 2.75) is 51.1 Å². The minimum atomic E-state index is 0.299. The molecule has 0 amide bonds. The van der Waals surface area contributed by atoms with E-state index in [4.69, 9.17) is 4.98 Å². The van der Waals surface area contributed by atoms with E-state index in [-0.39, 0.29) is 0 Å². The zero-order valence-electron chi connectivity index (χ0n) is 11.9. The van der Waals surface area contributed by atoms with Gasteiger partial charge in [0.2, 0.25) is 0 Å². The number of fused-ring (bicyclic) bond motifs is 1. The number of aliphatic hydroxyl groups is 1. The number of likely N-dealkylation sites (tertiary alicyclic amines) is 1. The summed E-state index contributed by atoms with van der Waals surface area (Å²) < 4.78 is 2.30. The highest BCUT2D eigenvalue weighted by Crippen LogP contribution is 2.23. The summed E-state index contributed by atoms with van der Waals surface area (Å²) in [5.41, 5.74) is 1.24. The molecule has 106 valence electrons. The molecule has 1 N–H and O–H groups in total. The highest BCUT2D eigenvalue weighted by Gasteiger charge is 2.23. The van der Waals surface area contributed by atoms with Gasteiger partial charge in [-0.25, -0.2) is 4.98 Å². The number of piperidine rings is 1. The van der Waals surface area contributed by atoms with Gasteiger partial charge in [-0.1, -0.05) is 6.42 Å². The predicted molar refractivity (Wildman–Crippen MR) is 75.1 cm³/mol. The van der Waals surface area contributed by atoms with Crippen molar-refractivity contribution in [3.63, 3.8) is 0 Å². The summed E-state index contributed by atoms with van der Waals surface area (Å²) in [7, 11) is 2.24. The number of likely N-dealkylation sites (N-methyl/N-ethyl adjacent to an activating group) is 1. The van der Waals surface area contributed by atoms with Gasteiger partial charge in [-0.15, -0.1) is 0 Å². The largest absolute Gasteiger partial charge is 0.396 e. The Labute approximate surface area is 115 Å². The van der Waals surface area contributed by atoms with Gasteiger partial charge in [0.05, 0.1) is 5.69 Å². The first-order valence-corrected chi connectivity index (χ1v) is 7.62. The second-order valence-electron chi connectivity index (χ2n) is 6.22. The molecule has 3 rings (SSSR count). The molecule has 1 fully saturated rings. The lowest BCUT2D eigenvalue weighted by Crippen LogP contribution is -2.37. The quantitative estimate of drug-likeness (QED) is 0.898. The normalized spacial score (nSPS) is 28.3. The third-order valence-electron chi connectivity index (χ3n) is 4.78. The SMILES string of the molecule is CN1CCCCC1Cc1cn2c(n1)CC(CO)CC2. The number of imidazole rings is 1. The average Bonchev–Trinajstić information content (AvgIpc) is 2.82. The van der Waals surface area contributed by atoms with Crippen molar-refractivity contribution in [3.8, 4) is 0 Å². The van der Waals surface area contributed by atoms with Gasteiger partial charge in [0.25, 0.3) is 0 Å². The van der Waals surface area contributed by atoms with Crippen molar-refractivity contribution in [2.75, 3.05) is 20.2 Å². The van der Waals surface area contributed by atoms with Crippen LogP contribution in [0.25, 0.3) is 0 Å². The van der Waals surface area contributed by atoms with Crippen molar-refractivity contribution >= 4 is 0 Å². The Balaban J connectivity index is 1.67. The Bertz CT molecular complexity index is 429. The Morgan fingerprint density at radius 1 is 1.32 bits per heavy atom. The van der Waals surface area contributed by atoms with Crippen LogP contribution in [0.2, 0.25) is 0 Å². The molecule has 1 saturated heterocycles. The number of rotatable bonds is 3. The summed E-state index contributed by atoms with van der Waals surface area (Å²) in [5, 5.41) is 9.28. The number of nitrogens with zero attached hydrogens (tertiary/aromatic N) is 3. The van der Waals surface area contributed by atoms with Gasteiger partial charge in [0.15, 0.2) is 0 Å². The number of hydrogen-bond acceptors (Lipinski definition) is 3. The van der Waals surface area contributed by atoms with Gasteiger partial charge in [-0.05, 0) is 38.8 Å². The molecule has 1 aromatic heterocycles. The van der Waals surface area contributed by atoms with Gasteiger partial charge >= 0.3 is 0 Å². The molecule has 4 nitrogen and oxygen atoms in total. The van der Waals surface area contributed by atoms with Crippen molar-refractivity contribution in [1.29, 1.82) is 0 Å². The van der Waals surface area contributed by atoms with Crippen LogP contribution < -0.4 is 0 Å². The van der Waals surface area contributed by atoms with Gasteiger partial charge in [0, 0.05) is 38.2 Å². The monoisotopic (exact) mass is 263 g/mol. The highest BCUT2D eigenvalue weighted by molar-refractivity contribution is 5.09. The van der Waals surface area contributed by atoms with E-state index in [1.165, 1.54) is 37.3 Å². The van der Waals surface area contributed by atoms with Crippen LogP contribution in [0.5, 0.6) is 0 Å². The van der Waals surface area contributed by atoms with E-state index in [0.29, 0.717) is 18.6 Å². The van der Waals surface area contributed by atoms with E-state index in [0.717, 1.165) is 25.8 Å². The van der Waals surface area contributed by atoms with Gasteiger partial charge in [-0.3, -0.25) is 0 Å². The number of hydrogen-bond donors (Lipinski definition) is 1. The van der Waals surface area contributed by atoms with Gasteiger partial charge < -0.3 is 14.6 Å². The summed E-state index contributed by atoms with van der Waals surface area (Å²) in [4.78, 5) is 7.29. The minimum absolute atomic E-state index is 0.299. The van der Waals surface area contributed by atoms with Gasteiger partial charge in [-0.2, -0.15) is 0 Å². The number of aromatic nitrogens is 2. The molecule has 4 heteroatoms. The van der Waals surface area contributed by atoms with E-state index in [1.807, 2.05) is 0 Å². The van der Waals surface area contributed by atoms with E-state index in [2.05, 4.69) is 22.7 Å². The molecule has 19 heavy (non-hydrogen) atoms. The number of aryl methyl sites for hydroxylation is 1. The van der Waals surface area contributed by atoms with Crippen LogP contribution in [-0.4, -0.2) is 45.8 Å². The third kappa shape index (κ3) is 2.84. The van der Waals surface area contributed by atoms with Crippen LogP contribution in [0.3, 0.4) is 0 Å². The van der Waals surface area contributed by atoms with Crippen molar-refractivity contribution < 1.29 is 5.11 Å². The number of aliphatic hydroxyl groups excluding tert-OH is 1. The fourth-order valence-corrected chi connectivity index (χ4v) is 3.45. The molecule has 0 aromatic carbocycles. The molecule has 0 aliphatic carbocycles. The molecule has 2 atom stereocenters. The summed E-state index contributed by atoms with van der Waals surface area (Å²) in [6.07, 6.45) is 9.35. The van der Waals surface area contributed by atoms with Crippen LogP contribution in [0.4, 0.5) is 0 Å². The van der Waals surface area contributed by atoms with Crippen LogP contribution in [0.15, 0.2) is 6.20 Å². The first-order valence-electron chi connectivity index (χ1n) is 7.62. The lowest BCUT2D eigenvalue weighted by atomic mass is 9.99. The summed E-state index contributed by atoms with van der Waals surface area (Å²) in [5.74, 6) is 1.60. The van der Waals surface area contributed by atoms with Crippen molar-refractivity contribution in [3.05, 3.63) is 17.7 Å². The Morgan fingerprint density at radius 3 is 3.00 bits per heavy atom. The molecular weight excluding hydrogens is 238 g/mol. The first-order chi connectivity index (χ1) is 9.26. The second-order valence-corrected chi connectivity index (χ2v) is 6.22. The standard InChI is InChI=1S/C15H25N3O/c1-17-6-3-2-4-14(17)9-13-10-18-7-5-12(11-19)8-15(18)16-13/h10,12,14,19H,2-9,11H2,1H3. The van der Waals surface area contributed by atoms with E-state index in [1.54, 1.807) is 0 Å². The summed E-state index contributed by atoms with van der Waals surface area (Å²) >= 11 is 0. The van der Waals surface area contributed by atoms with E-state index >= 15 is 0 Å². The highest BCUT2D eigenvalue weighted by atomic mass is 16.3. The van der Waals surface area contributed by atoms with E-state index < -0.39 is 0 Å².